The van der Waals surface area contributed by atoms with Gasteiger partial charge in [0.1, 0.15) is 23.2 Å². The van der Waals surface area contributed by atoms with Crippen LogP contribution in [0.1, 0.15) is 23.1 Å². The summed E-state index contributed by atoms with van der Waals surface area (Å²) in [6.45, 7) is 0.618. The Morgan fingerprint density at radius 2 is 2.08 bits per heavy atom. The van der Waals surface area contributed by atoms with Gasteiger partial charge in [-0.2, -0.15) is 9.49 Å². The Morgan fingerprint density at radius 1 is 1.15 bits per heavy atom. The van der Waals surface area contributed by atoms with Gasteiger partial charge < -0.3 is 9.88 Å². The van der Waals surface area contributed by atoms with E-state index in [1.807, 2.05) is 4.90 Å². The van der Waals surface area contributed by atoms with Crippen LogP contribution in [0.25, 0.3) is 5.52 Å². The first-order valence-electron chi connectivity index (χ1n) is 8.26. The molecule has 0 aromatic carbocycles. The molecule has 0 fully saturated rings. The van der Waals surface area contributed by atoms with E-state index < -0.39 is 5.95 Å². The fourth-order valence-electron chi connectivity index (χ4n) is 3.51. The number of imidazole rings is 1. The molecule has 0 amide bonds. The highest BCUT2D eigenvalue weighted by atomic mass is 19.1. The van der Waals surface area contributed by atoms with E-state index in [2.05, 4.69) is 20.1 Å². The highest BCUT2D eigenvalue weighted by Gasteiger charge is 2.34. The second-order valence-electron chi connectivity index (χ2n) is 6.19. The van der Waals surface area contributed by atoms with Gasteiger partial charge in [0, 0.05) is 24.9 Å². The first-order chi connectivity index (χ1) is 12.7. The summed E-state index contributed by atoms with van der Waals surface area (Å²) in [7, 11) is 0. The summed E-state index contributed by atoms with van der Waals surface area (Å²) in [5.74, 6) is -0.393. The van der Waals surface area contributed by atoms with E-state index >= 15 is 0 Å². The Bertz CT molecular complexity index is 1100. The van der Waals surface area contributed by atoms with Gasteiger partial charge in [-0.25, -0.2) is 18.9 Å². The SMILES string of the molecule is Fc1cccc(N2CCc3[nH]cnc3[C@H]2c2cc3c(F)cccn3n2)n1. The Kier molecular flexibility index (Phi) is 3.24. The lowest BCUT2D eigenvalue weighted by Gasteiger charge is -2.34. The number of nitrogens with zero attached hydrogens (tertiary/aromatic N) is 5. The number of rotatable bonds is 2. The van der Waals surface area contributed by atoms with Crippen LogP contribution in [-0.4, -0.2) is 31.1 Å². The topological polar surface area (TPSA) is 62.1 Å². The number of H-pyrrole nitrogens is 1. The number of aromatic nitrogens is 5. The summed E-state index contributed by atoms with van der Waals surface area (Å²) in [6, 6.07) is 9.01. The molecule has 1 aliphatic heterocycles. The molecule has 0 unspecified atom stereocenters. The zero-order valence-electron chi connectivity index (χ0n) is 13.6. The summed E-state index contributed by atoms with van der Waals surface area (Å²) in [5.41, 5.74) is 2.82. The number of hydrogen-bond acceptors (Lipinski definition) is 4. The third kappa shape index (κ3) is 2.26. The predicted octanol–water partition coefficient (Wildman–Crippen LogP) is 2.88. The number of pyridine rings is 2. The van der Waals surface area contributed by atoms with Crippen LogP contribution in [0.3, 0.4) is 0 Å². The van der Waals surface area contributed by atoms with E-state index in [0.29, 0.717) is 23.6 Å². The molecule has 1 N–H and O–H groups in total. The summed E-state index contributed by atoms with van der Waals surface area (Å²) in [6.07, 6.45) is 4.06. The second-order valence-corrected chi connectivity index (χ2v) is 6.19. The lowest BCUT2D eigenvalue weighted by Crippen LogP contribution is -2.37. The van der Waals surface area contributed by atoms with E-state index in [1.54, 1.807) is 36.8 Å². The van der Waals surface area contributed by atoms with Crippen molar-refractivity contribution in [2.24, 2.45) is 0 Å². The third-order valence-electron chi connectivity index (χ3n) is 4.67. The second kappa shape index (κ2) is 5.62. The van der Waals surface area contributed by atoms with Crippen molar-refractivity contribution in [1.29, 1.82) is 0 Å². The van der Waals surface area contributed by atoms with Crippen molar-refractivity contribution < 1.29 is 8.78 Å². The maximum absolute atomic E-state index is 14.1. The lowest BCUT2D eigenvalue weighted by atomic mass is 9.99. The average molecular weight is 352 g/mol. The quantitative estimate of drug-likeness (QED) is 0.564. The van der Waals surface area contributed by atoms with Crippen molar-refractivity contribution in [3.05, 3.63) is 77.8 Å². The summed E-state index contributed by atoms with van der Waals surface area (Å²) in [4.78, 5) is 13.6. The van der Waals surface area contributed by atoms with Crippen LogP contribution in [0.2, 0.25) is 0 Å². The molecular formula is C18H14F2N6. The fraction of sp³-hybridized carbons (Fsp3) is 0.167. The van der Waals surface area contributed by atoms with E-state index in [9.17, 15) is 8.78 Å². The zero-order chi connectivity index (χ0) is 17.7. The van der Waals surface area contributed by atoms with Gasteiger partial charge in [0.2, 0.25) is 5.95 Å². The maximum atomic E-state index is 14.1. The van der Waals surface area contributed by atoms with E-state index in [1.165, 1.54) is 16.6 Å². The predicted molar refractivity (Wildman–Crippen MR) is 90.8 cm³/mol. The van der Waals surface area contributed by atoms with Crippen molar-refractivity contribution in [3.63, 3.8) is 0 Å². The Hall–Kier alpha value is -3.29. The molecule has 0 saturated heterocycles. The number of hydrogen-bond donors (Lipinski definition) is 1. The van der Waals surface area contributed by atoms with E-state index in [-0.39, 0.29) is 11.9 Å². The van der Waals surface area contributed by atoms with Gasteiger partial charge in [0.25, 0.3) is 0 Å². The Balaban J connectivity index is 1.69. The van der Waals surface area contributed by atoms with Gasteiger partial charge in [-0.1, -0.05) is 6.07 Å². The number of halogens is 2. The van der Waals surface area contributed by atoms with Gasteiger partial charge in [-0.15, -0.1) is 0 Å². The molecule has 0 radical (unpaired) electrons. The van der Waals surface area contributed by atoms with Crippen molar-refractivity contribution in [1.82, 2.24) is 24.6 Å². The third-order valence-corrected chi connectivity index (χ3v) is 4.67. The number of fused-ring (bicyclic) bond motifs is 2. The molecule has 0 aliphatic carbocycles. The zero-order valence-corrected chi connectivity index (χ0v) is 13.6. The average Bonchev–Trinajstić information content (AvgIpc) is 3.28. The summed E-state index contributed by atoms with van der Waals surface area (Å²) < 4.78 is 29.3. The highest BCUT2D eigenvalue weighted by molar-refractivity contribution is 5.54. The van der Waals surface area contributed by atoms with Crippen LogP contribution in [-0.2, 0) is 6.42 Å². The molecule has 5 heterocycles. The largest absolute Gasteiger partial charge is 0.348 e. The number of anilines is 1. The molecule has 0 spiro atoms. The first kappa shape index (κ1) is 15.0. The fourth-order valence-corrected chi connectivity index (χ4v) is 3.51. The van der Waals surface area contributed by atoms with E-state index in [0.717, 1.165) is 17.8 Å². The molecule has 0 bridgehead atoms. The Morgan fingerprint density at radius 3 is 2.92 bits per heavy atom. The van der Waals surface area contributed by atoms with Crippen LogP contribution >= 0.6 is 0 Å². The molecule has 26 heavy (non-hydrogen) atoms. The first-order valence-corrected chi connectivity index (χ1v) is 8.26. The van der Waals surface area contributed by atoms with Crippen LogP contribution in [0.5, 0.6) is 0 Å². The lowest BCUT2D eigenvalue weighted by molar-refractivity contribution is 0.565. The van der Waals surface area contributed by atoms with Crippen LogP contribution in [0, 0.1) is 11.8 Å². The van der Waals surface area contributed by atoms with Crippen molar-refractivity contribution >= 4 is 11.3 Å². The molecule has 0 saturated carbocycles. The number of nitrogens with one attached hydrogen (secondary N) is 1. The van der Waals surface area contributed by atoms with Gasteiger partial charge in [0.15, 0.2) is 0 Å². The minimum atomic E-state index is -0.546. The normalized spacial score (nSPS) is 16.8. The molecular weight excluding hydrogens is 338 g/mol. The molecule has 1 atom stereocenters. The maximum Gasteiger partial charge on any atom is 0.214 e. The molecule has 130 valence electrons. The minimum Gasteiger partial charge on any atom is -0.348 e. The smallest absolute Gasteiger partial charge is 0.214 e. The minimum absolute atomic E-state index is 0.347. The molecule has 4 aromatic heterocycles. The molecule has 1 aliphatic rings. The van der Waals surface area contributed by atoms with Crippen molar-refractivity contribution in [2.45, 2.75) is 12.5 Å². The van der Waals surface area contributed by atoms with Gasteiger partial charge in [0.05, 0.1) is 17.7 Å². The summed E-state index contributed by atoms with van der Waals surface area (Å²) >= 11 is 0. The molecule has 5 rings (SSSR count). The van der Waals surface area contributed by atoms with Crippen molar-refractivity contribution in [2.75, 3.05) is 11.4 Å². The van der Waals surface area contributed by atoms with Gasteiger partial charge in [-0.3, -0.25) is 0 Å². The van der Waals surface area contributed by atoms with Crippen LogP contribution < -0.4 is 4.90 Å². The standard InChI is InChI=1S/C18H14F2N6/c19-11-3-2-7-26-14(11)9-13(24-26)18-17-12(21-10-22-17)6-8-25(18)16-5-1-4-15(20)23-16/h1-5,7,9-10,18H,6,8H2,(H,21,22)/t18-/m1/s1. The Labute approximate surface area is 147 Å². The summed E-state index contributed by atoms with van der Waals surface area (Å²) in [5, 5.41) is 4.53. The molecule has 4 aromatic rings. The van der Waals surface area contributed by atoms with E-state index in [4.69, 9.17) is 0 Å². The molecule has 6 nitrogen and oxygen atoms in total. The van der Waals surface area contributed by atoms with Crippen LogP contribution in [0.15, 0.2) is 48.9 Å². The monoisotopic (exact) mass is 352 g/mol. The highest BCUT2D eigenvalue weighted by Crippen LogP contribution is 2.36. The van der Waals surface area contributed by atoms with Crippen LogP contribution in [0.4, 0.5) is 14.6 Å². The van der Waals surface area contributed by atoms with Crippen molar-refractivity contribution in [3.8, 4) is 0 Å². The van der Waals surface area contributed by atoms with Gasteiger partial charge >= 0.3 is 0 Å². The number of aromatic amines is 1. The molecule has 8 heteroatoms. The van der Waals surface area contributed by atoms with Gasteiger partial charge in [-0.05, 0) is 30.3 Å².